The van der Waals surface area contributed by atoms with Gasteiger partial charge in [-0.25, -0.2) is 0 Å². The molecule has 3 aromatic rings. The van der Waals surface area contributed by atoms with E-state index in [2.05, 4.69) is 54.6 Å². The largest absolute Gasteiger partial charge is 0.0881 e. The average molecular weight is 395 g/mol. The molecular weight excluding hydrogens is 379 g/mol. The highest BCUT2D eigenvalue weighted by molar-refractivity contribution is 7.82. The molecule has 0 aliphatic rings. The molecular formula is C21H15PS3. The summed E-state index contributed by atoms with van der Waals surface area (Å²) in [6, 6.07) is 24.9. The SMILES string of the molecule is S=Cc1ccccc1P(c1ccccc1C=S)c1ccccc1C=S. The molecule has 0 atom stereocenters. The number of rotatable bonds is 6. The molecule has 3 aromatic carbocycles. The minimum Gasteiger partial charge on any atom is -0.0881 e. The molecule has 0 fully saturated rings. The van der Waals surface area contributed by atoms with Crippen molar-refractivity contribution in [1.29, 1.82) is 0 Å². The molecule has 3 rings (SSSR count). The molecule has 0 spiro atoms. The summed E-state index contributed by atoms with van der Waals surface area (Å²) in [4.78, 5) is 0. The van der Waals surface area contributed by atoms with Gasteiger partial charge in [0.15, 0.2) is 0 Å². The molecule has 0 radical (unpaired) electrons. The molecule has 4 heteroatoms. The Morgan fingerprint density at radius 3 is 1.04 bits per heavy atom. The molecule has 122 valence electrons. The first kappa shape index (κ1) is 18.2. The molecule has 0 aliphatic heterocycles. The van der Waals surface area contributed by atoms with E-state index in [1.54, 1.807) is 16.1 Å². The number of benzene rings is 3. The fraction of sp³-hybridized carbons (Fsp3) is 0. The van der Waals surface area contributed by atoms with Gasteiger partial charge in [-0.15, -0.1) is 0 Å². The molecule has 0 aliphatic carbocycles. The fourth-order valence-electron chi connectivity index (χ4n) is 2.76. The predicted octanol–water partition coefficient (Wildman–Crippen LogP) is 4.49. The molecule has 0 aromatic heterocycles. The van der Waals surface area contributed by atoms with E-state index in [4.69, 9.17) is 36.7 Å². The Bertz CT molecular complexity index is 811. The van der Waals surface area contributed by atoms with Crippen LogP contribution in [0.25, 0.3) is 0 Å². The van der Waals surface area contributed by atoms with Crippen LogP contribution in [0.15, 0.2) is 72.8 Å². The summed E-state index contributed by atoms with van der Waals surface area (Å²) in [5.41, 5.74) is 3.21. The van der Waals surface area contributed by atoms with Crippen LogP contribution in [0.4, 0.5) is 0 Å². The van der Waals surface area contributed by atoms with E-state index in [-0.39, 0.29) is 0 Å². The van der Waals surface area contributed by atoms with Crippen LogP contribution < -0.4 is 15.9 Å². The van der Waals surface area contributed by atoms with E-state index >= 15 is 0 Å². The van der Waals surface area contributed by atoms with Crippen molar-refractivity contribution in [2.75, 3.05) is 0 Å². The van der Waals surface area contributed by atoms with E-state index in [9.17, 15) is 0 Å². The van der Waals surface area contributed by atoms with Gasteiger partial charge < -0.3 is 0 Å². The summed E-state index contributed by atoms with van der Waals surface area (Å²) in [6.07, 6.45) is 0. The van der Waals surface area contributed by atoms with E-state index in [1.807, 2.05) is 18.2 Å². The Kier molecular flexibility index (Phi) is 6.28. The minimum absolute atomic E-state index is 0.820. The van der Waals surface area contributed by atoms with E-state index < -0.39 is 7.92 Å². The van der Waals surface area contributed by atoms with Gasteiger partial charge in [-0.1, -0.05) is 109 Å². The Morgan fingerprint density at radius 2 is 0.760 bits per heavy atom. The molecule has 0 amide bonds. The van der Waals surface area contributed by atoms with Crippen molar-refractivity contribution in [2.45, 2.75) is 0 Å². The van der Waals surface area contributed by atoms with Crippen molar-refractivity contribution >= 4 is 76.6 Å². The quantitative estimate of drug-likeness (QED) is 0.447. The molecule has 0 nitrogen and oxygen atoms in total. The lowest BCUT2D eigenvalue weighted by molar-refractivity contribution is 1.71. The number of hydrogen-bond donors (Lipinski definition) is 0. The normalized spacial score (nSPS) is 10.4. The zero-order valence-corrected chi connectivity index (χ0v) is 16.7. The summed E-state index contributed by atoms with van der Waals surface area (Å²) in [5.74, 6) is 0. The van der Waals surface area contributed by atoms with Crippen molar-refractivity contribution in [2.24, 2.45) is 0 Å². The Hall–Kier alpha value is -1.64. The number of thiocarbonyl (C=S) groups is 3. The van der Waals surface area contributed by atoms with Crippen LogP contribution >= 0.6 is 44.6 Å². The fourth-order valence-corrected chi connectivity index (χ4v) is 6.32. The lowest BCUT2D eigenvalue weighted by atomic mass is 10.2. The van der Waals surface area contributed by atoms with Gasteiger partial charge in [0.05, 0.1) is 0 Å². The lowest BCUT2D eigenvalue weighted by Crippen LogP contribution is -2.27. The molecule has 0 N–H and O–H groups in total. The molecule has 0 unspecified atom stereocenters. The summed E-state index contributed by atoms with van der Waals surface area (Å²) >= 11 is 15.8. The highest BCUT2D eigenvalue weighted by Crippen LogP contribution is 2.36. The average Bonchev–Trinajstić information content (AvgIpc) is 2.69. The van der Waals surface area contributed by atoms with Gasteiger partial charge in [0.25, 0.3) is 0 Å². The standard InChI is InChI=1S/C21H15PS3/c23-13-16-7-1-4-10-19(16)22(20-11-5-2-8-17(20)14-24)21-12-6-3-9-18(21)15-25/h1-15H. The molecule has 0 saturated carbocycles. The van der Waals surface area contributed by atoms with E-state index in [1.165, 1.54) is 15.9 Å². The molecule has 0 saturated heterocycles. The van der Waals surface area contributed by atoms with E-state index in [0.29, 0.717) is 0 Å². The van der Waals surface area contributed by atoms with Gasteiger partial charge in [-0.2, -0.15) is 0 Å². The topological polar surface area (TPSA) is 0 Å². The van der Waals surface area contributed by atoms with Crippen LogP contribution in [-0.2, 0) is 0 Å². The monoisotopic (exact) mass is 394 g/mol. The van der Waals surface area contributed by atoms with Gasteiger partial charge in [0.2, 0.25) is 0 Å². The van der Waals surface area contributed by atoms with Crippen molar-refractivity contribution in [3.05, 3.63) is 89.5 Å². The third-order valence-corrected chi connectivity index (χ3v) is 7.34. The van der Waals surface area contributed by atoms with Gasteiger partial charge in [-0.3, -0.25) is 0 Å². The lowest BCUT2D eigenvalue weighted by Gasteiger charge is -2.24. The third-order valence-electron chi connectivity index (χ3n) is 3.91. The second-order valence-corrected chi connectivity index (χ2v) is 8.19. The van der Waals surface area contributed by atoms with Crippen molar-refractivity contribution in [1.82, 2.24) is 0 Å². The van der Waals surface area contributed by atoms with Crippen LogP contribution in [0.1, 0.15) is 16.7 Å². The smallest absolute Gasteiger partial charge is 0.00927 e. The Labute approximate surface area is 165 Å². The van der Waals surface area contributed by atoms with Crippen LogP contribution in [0.5, 0.6) is 0 Å². The third kappa shape index (κ3) is 3.80. The molecule has 0 heterocycles. The second kappa shape index (κ2) is 8.64. The molecule has 25 heavy (non-hydrogen) atoms. The summed E-state index contributed by atoms with van der Waals surface area (Å²) < 4.78 is 0. The highest BCUT2D eigenvalue weighted by atomic mass is 32.1. The van der Waals surface area contributed by atoms with Gasteiger partial charge in [0.1, 0.15) is 0 Å². The van der Waals surface area contributed by atoms with Crippen LogP contribution in [-0.4, -0.2) is 16.1 Å². The first-order valence-corrected chi connectivity index (χ1v) is 10.5. The van der Waals surface area contributed by atoms with Crippen molar-refractivity contribution in [3.8, 4) is 0 Å². The van der Waals surface area contributed by atoms with E-state index in [0.717, 1.165) is 16.7 Å². The minimum atomic E-state index is -0.820. The highest BCUT2D eigenvalue weighted by Gasteiger charge is 2.22. The Balaban J connectivity index is 2.34. The summed E-state index contributed by atoms with van der Waals surface area (Å²) in [7, 11) is -0.820. The summed E-state index contributed by atoms with van der Waals surface area (Å²) in [6.45, 7) is 0. The van der Waals surface area contributed by atoms with Gasteiger partial charge in [0, 0.05) is 16.1 Å². The predicted molar refractivity (Wildman–Crippen MR) is 123 cm³/mol. The van der Waals surface area contributed by atoms with Gasteiger partial charge >= 0.3 is 0 Å². The Morgan fingerprint density at radius 1 is 0.480 bits per heavy atom. The number of hydrogen-bond acceptors (Lipinski definition) is 3. The van der Waals surface area contributed by atoms with Crippen LogP contribution in [0.2, 0.25) is 0 Å². The zero-order valence-electron chi connectivity index (χ0n) is 13.3. The van der Waals surface area contributed by atoms with Crippen molar-refractivity contribution < 1.29 is 0 Å². The first-order chi connectivity index (χ1) is 12.3. The second-order valence-electron chi connectivity index (χ2n) is 5.37. The van der Waals surface area contributed by atoms with Crippen LogP contribution in [0.3, 0.4) is 0 Å². The molecule has 0 bridgehead atoms. The summed E-state index contributed by atoms with van der Waals surface area (Å²) in [5, 5.41) is 8.93. The first-order valence-electron chi connectivity index (χ1n) is 7.73. The zero-order chi connectivity index (χ0) is 17.6. The maximum atomic E-state index is 5.28. The maximum Gasteiger partial charge on any atom is 0.00927 e. The van der Waals surface area contributed by atoms with Crippen molar-refractivity contribution in [3.63, 3.8) is 0 Å². The van der Waals surface area contributed by atoms with Gasteiger partial charge in [-0.05, 0) is 40.5 Å². The van der Waals surface area contributed by atoms with Crippen LogP contribution in [0, 0.1) is 0 Å². The maximum absolute atomic E-state index is 5.28.